The molecule has 2 aliphatic heterocycles. The maximum atomic E-state index is 15.3. The first-order valence-electron chi connectivity index (χ1n) is 14.7. The molecular formula is C30H31ClF3N7O4. The van der Waals surface area contributed by atoms with Gasteiger partial charge in [-0.1, -0.05) is 18.5 Å². The Balaban J connectivity index is 1.36. The Hall–Kier alpha value is -4.17. The van der Waals surface area contributed by atoms with E-state index < -0.39 is 47.7 Å². The van der Waals surface area contributed by atoms with Crippen molar-refractivity contribution in [1.82, 2.24) is 24.0 Å². The van der Waals surface area contributed by atoms with Crippen molar-refractivity contribution in [1.29, 1.82) is 0 Å². The number of aliphatic hydroxyl groups is 1. The summed E-state index contributed by atoms with van der Waals surface area (Å²) in [6.45, 7) is 7.01. The first-order chi connectivity index (χ1) is 21.5. The number of aryl methyl sites for hydroxylation is 1. The van der Waals surface area contributed by atoms with Gasteiger partial charge in [0.1, 0.15) is 28.9 Å². The third-order valence-corrected chi connectivity index (χ3v) is 8.99. The van der Waals surface area contributed by atoms with Crippen LogP contribution < -0.4 is 15.8 Å². The number of amides is 1. The van der Waals surface area contributed by atoms with Crippen molar-refractivity contribution in [2.24, 2.45) is 0 Å². The highest BCUT2D eigenvalue weighted by Crippen LogP contribution is 2.36. The lowest BCUT2D eigenvalue weighted by atomic mass is 9.87. The number of pyridine rings is 1. The lowest BCUT2D eigenvalue weighted by Gasteiger charge is -2.40. The molecule has 15 heteroatoms. The molecule has 1 fully saturated rings. The Morgan fingerprint density at radius 2 is 1.98 bits per heavy atom. The number of Topliss-reactive ketones (excluding diaryl/α,β-unsaturated/α-hetero) is 1. The molecule has 1 amide bonds. The van der Waals surface area contributed by atoms with Crippen LogP contribution in [-0.4, -0.2) is 85.4 Å². The van der Waals surface area contributed by atoms with Gasteiger partial charge in [0.25, 0.3) is 5.56 Å². The number of aliphatic hydroxyl groups excluding tert-OH is 1. The SMILES string of the molecule is CCN1CCN(c2cc(NC(=O)Cn3cc(C4=CC(=CO)C(=O)C(F)C4F)c4c(=O)n5c(nc43)CCC5)c(Cl)c(F)n2)C(C)C1. The van der Waals surface area contributed by atoms with E-state index >= 15 is 4.39 Å². The van der Waals surface area contributed by atoms with Gasteiger partial charge in [-0.15, -0.1) is 0 Å². The van der Waals surface area contributed by atoms with Crippen LogP contribution in [-0.2, 0) is 29.1 Å². The van der Waals surface area contributed by atoms with Crippen molar-refractivity contribution >= 4 is 51.4 Å². The summed E-state index contributed by atoms with van der Waals surface area (Å²) in [5.74, 6) is -2.04. The second-order valence-corrected chi connectivity index (χ2v) is 11.8. The molecule has 5 heterocycles. The molecule has 0 bridgehead atoms. The highest BCUT2D eigenvalue weighted by Gasteiger charge is 2.39. The predicted molar refractivity (Wildman–Crippen MR) is 163 cm³/mol. The summed E-state index contributed by atoms with van der Waals surface area (Å²) in [5.41, 5.74) is -1.31. The molecule has 1 saturated heterocycles. The molecule has 3 unspecified atom stereocenters. The van der Waals surface area contributed by atoms with Gasteiger partial charge in [-0.3, -0.25) is 23.9 Å². The van der Waals surface area contributed by atoms with E-state index in [1.165, 1.54) is 21.4 Å². The predicted octanol–water partition coefficient (Wildman–Crippen LogP) is 3.59. The summed E-state index contributed by atoms with van der Waals surface area (Å²) in [6, 6.07) is 1.53. The van der Waals surface area contributed by atoms with Gasteiger partial charge in [-0.2, -0.15) is 4.39 Å². The number of nitrogens with one attached hydrogen (secondary N) is 1. The normalized spacial score (nSPS) is 23.1. The van der Waals surface area contributed by atoms with Crippen LogP contribution in [0, 0.1) is 5.95 Å². The van der Waals surface area contributed by atoms with E-state index in [4.69, 9.17) is 11.6 Å². The zero-order valence-corrected chi connectivity index (χ0v) is 25.3. The molecule has 3 atom stereocenters. The summed E-state index contributed by atoms with van der Waals surface area (Å²) in [4.78, 5) is 51.9. The van der Waals surface area contributed by atoms with Crippen molar-refractivity contribution in [3.63, 3.8) is 0 Å². The third-order valence-electron chi connectivity index (χ3n) is 8.63. The summed E-state index contributed by atoms with van der Waals surface area (Å²) in [6.07, 6.45) is -1.21. The fourth-order valence-corrected chi connectivity index (χ4v) is 6.44. The number of hydrogen-bond donors (Lipinski definition) is 2. The maximum absolute atomic E-state index is 15.3. The molecule has 3 aromatic rings. The van der Waals surface area contributed by atoms with Gasteiger partial charge < -0.3 is 19.9 Å². The minimum Gasteiger partial charge on any atom is -0.515 e. The van der Waals surface area contributed by atoms with Gasteiger partial charge >= 0.3 is 0 Å². The van der Waals surface area contributed by atoms with Crippen LogP contribution in [0.2, 0.25) is 5.02 Å². The number of piperazine rings is 1. The topological polar surface area (TPSA) is 126 Å². The van der Waals surface area contributed by atoms with Crippen molar-refractivity contribution < 1.29 is 27.9 Å². The molecule has 6 rings (SSSR count). The highest BCUT2D eigenvalue weighted by molar-refractivity contribution is 6.33. The fraction of sp³-hybridized carbons (Fsp3) is 0.433. The van der Waals surface area contributed by atoms with Crippen molar-refractivity contribution in [2.45, 2.75) is 58.2 Å². The summed E-state index contributed by atoms with van der Waals surface area (Å²) >= 11 is 6.21. The molecule has 1 aliphatic carbocycles. The Labute approximate surface area is 260 Å². The lowest BCUT2D eigenvalue weighted by molar-refractivity contribution is -0.121. The molecule has 0 spiro atoms. The molecule has 0 aromatic carbocycles. The Morgan fingerprint density at radius 3 is 2.69 bits per heavy atom. The molecule has 3 aromatic heterocycles. The van der Waals surface area contributed by atoms with Crippen LogP contribution in [0.15, 0.2) is 35.0 Å². The highest BCUT2D eigenvalue weighted by atomic mass is 35.5. The van der Waals surface area contributed by atoms with E-state index in [2.05, 4.69) is 27.1 Å². The number of fused-ring (bicyclic) bond motifs is 2. The zero-order valence-electron chi connectivity index (χ0n) is 24.6. The number of ketones is 1. The first kappa shape index (κ1) is 30.8. The summed E-state index contributed by atoms with van der Waals surface area (Å²) in [5, 5.41) is 11.6. The van der Waals surface area contributed by atoms with E-state index in [0.717, 1.165) is 25.7 Å². The van der Waals surface area contributed by atoms with Gasteiger partial charge in [-0.25, -0.2) is 18.7 Å². The number of halogens is 4. The number of allylic oxidation sites excluding steroid dienone is 3. The number of hydrogen-bond acceptors (Lipinski definition) is 8. The smallest absolute Gasteiger partial charge is 0.263 e. The first-order valence-corrected chi connectivity index (χ1v) is 15.1. The molecular weight excluding hydrogens is 615 g/mol. The van der Waals surface area contributed by atoms with E-state index in [1.54, 1.807) is 0 Å². The number of anilines is 2. The molecule has 3 aliphatic rings. The number of alkyl halides is 2. The van der Waals surface area contributed by atoms with E-state index in [9.17, 15) is 28.3 Å². The average Bonchev–Trinajstić information content (AvgIpc) is 3.64. The number of nitrogens with zero attached hydrogens (tertiary/aromatic N) is 6. The Morgan fingerprint density at radius 1 is 1.20 bits per heavy atom. The molecule has 0 saturated carbocycles. The van der Waals surface area contributed by atoms with Crippen LogP contribution in [0.1, 0.15) is 31.7 Å². The number of carbonyl (C=O) groups is 2. The van der Waals surface area contributed by atoms with Gasteiger partial charge in [0.05, 0.1) is 22.9 Å². The maximum Gasteiger partial charge on any atom is 0.263 e. The van der Waals surface area contributed by atoms with Crippen LogP contribution >= 0.6 is 11.6 Å². The van der Waals surface area contributed by atoms with Crippen molar-refractivity contribution in [3.05, 3.63) is 62.9 Å². The second-order valence-electron chi connectivity index (χ2n) is 11.4. The minimum absolute atomic E-state index is 0.00443. The standard InChI is InChI=1S/C30H31ClF3N7O4/c1-3-38-7-8-40(15(2)11-38)21-10-19(24(31)28(34)36-21)35-22(43)13-39-12-18(17-9-16(14-42)27(44)26(33)25(17)32)23-29(39)37-20-5-4-6-41(20)30(23)45/h9-10,12,14-15,25-26,42H,3-8,11,13H2,1-2H3,(H,35,36,43). The minimum atomic E-state index is -2.60. The van der Waals surface area contributed by atoms with E-state index in [-0.39, 0.29) is 38.9 Å². The zero-order chi connectivity index (χ0) is 32.2. The number of carbonyl (C=O) groups excluding carboxylic acids is 2. The number of aromatic nitrogens is 4. The van der Waals surface area contributed by atoms with Crippen LogP contribution in [0.25, 0.3) is 16.6 Å². The van der Waals surface area contributed by atoms with Gasteiger partial charge in [0.15, 0.2) is 12.3 Å². The second kappa shape index (κ2) is 12.0. The van der Waals surface area contributed by atoms with Gasteiger partial charge in [0, 0.05) is 56.5 Å². The monoisotopic (exact) mass is 645 g/mol. The lowest BCUT2D eigenvalue weighted by Crippen LogP contribution is -2.52. The van der Waals surface area contributed by atoms with Crippen molar-refractivity contribution in [3.8, 4) is 0 Å². The largest absolute Gasteiger partial charge is 0.515 e. The quantitative estimate of drug-likeness (QED) is 0.237. The van der Waals surface area contributed by atoms with E-state index in [0.29, 0.717) is 43.8 Å². The van der Waals surface area contributed by atoms with Crippen LogP contribution in [0.4, 0.5) is 24.7 Å². The molecule has 2 N–H and O–H groups in total. The average molecular weight is 646 g/mol. The molecule has 45 heavy (non-hydrogen) atoms. The van der Waals surface area contributed by atoms with Crippen LogP contribution in [0.5, 0.6) is 0 Å². The van der Waals surface area contributed by atoms with Crippen molar-refractivity contribution in [2.75, 3.05) is 36.4 Å². The van der Waals surface area contributed by atoms with Gasteiger partial charge in [-0.05, 0) is 31.5 Å². The van der Waals surface area contributed by atoms with E-state index in [1.807, 2.05) is 11.8 Å². The molecule has 238 valence electrons. The third kappa shape index (κ3) is 5.39. The molecule has 0 radical (unpaired) electrons. The summed E-state index contributed by atoms with van der Waals surface area (Å²) < 4.78 is 47.6. The number of rotatable bonds is 6. The van der Waals surface area contributed by atoms with Crippen LogP contribution in [0.3, 0.4) is 0 Å². The number of likely N-dealkylation sites (N-methyl/N-ethyl adjacent to an activating group) is 1. The Bertz CT molecular complexity index is 1840. The summed E-state index contributed by atoms with van der Waals surface area (Å²) in [7, 11) is 0. The Kier molecular flexibility index (Phi) is 8.20. The molecule has 11 nitrogen and oxygen atoms in total. The van der Waals surface area contributed by atoms with Gasteiger partial charge in [0.2, 0.25) is 17.6 Å². The fourth-order valence-electron chi connectivity index (χ4n) is 6.29.